The number of Topliss-reactive ketones (excluding diaryl/α,β-unsaturated/α-hetero) is 2. The summed E-state index contributed by atoms with van der Waals surface area (Å²) >= 11 is 0. The standard InChI is InChI=1S/C41H80O5/c1-3-5-7-9-11-13-15-17-19-21-23-25-27-29-31-33-35-38(43)41(46,40(45)37-42)39(44)36-34-32-30-28-26-24-22-20-18-16-14-12-10-8-6-4-2/h40,42,45-46H,3-37H2,1-2H3. The Hall–Kier alpha value is -0.780. The van der Waals surface area contributed by atoms with Gasteiger partial charge in [-0.1, -0.05) is 206 Å². The lowest BCUT2D eigenvalue weighted by Gasteiger charge is -2.29. The van der Waals surface area contributed by atoms with Crippen LogP contribution in [0.1, 0.15) is 232 Å². The van der Waals surface area contributed by atoms with Gasteiger partial charge in [0.05, 0.1) is 6.61 Å². The van der Waals surface area contributed by atoms with E-state index in [4.69, 9.17) is 0 Å². The molecule has 0 aliphatic heterocycles. The van der Waals surface area contributed by atoms with Crippen LogP contribution < -0.4 is 0 Å². The van der Waals surface area contributed by atoms with E-state index in [-0.39, 0.29) is 12.8 Å². The van der Waals surface area contributed by atoms with Gasteiger partial charge in [-0.3, -0.25) is 9.59 Å². The average molecular weight is 653 g/mol. The Labute approximate surface area is 286 Å². The maximum atomic E-state index is 12.9. The molecule has 0 heterocycles. The lowest BCUT2D eigenvalue weighted by atomic mass is 9.82. The number of ketones is 2. The molecule has 0 aromatic rings. The Morgan fingerprint density at radius 2 is 0.609 bits per heavy atom. The number of carbonyl (C=O) groups is 2. The van der Waals surface area contributed by atoms with Crippen LogP contribution in [-0.4, -0.2) is 45.2 Å². The Kier molecular flexibility index (Phi) is 33.5. The van der Waals surface area contributed by atoms with Crippen molar-refractivity contribution in [2.24, 2.45) is 0 Å². The van der Waals surface area contributed by atoms with E-state index in [1.54, 1.807) is 0 Å². The predicted octanol–water partition coefficient (Wildman–Crippen LogP) is 11.5. The lowest BCUT2D eigenvalue weighted by Crippen LogP contribution is -2.57. The SMILES string of the molecule is CCCCCCCCCCCCCCCCCCC(=O)C(O)(C(=O)CCCCCCCCCCCCCCCCCC)C(O)CO. The van der Waals surface area contributed by atoms with E-state index >= 15 is 0 Å². The second kappa shape index (κ2) is 34.1. The first-order valence-corrected chi connectivity index (χ1v) is 20.5. The number of aliphatic hydroxyl groups excluding tert-OH is 2. The molecule has 0 amide bonds. The molecule has 0 aromatic heterocycles. The van der Waals surface area contributed by atoms with Gasteiger partial charge in [0.1, 0.15) is 6.10 Å². The molecule has 0 bridgehead atoms. The topological polar surface area (TPSA) is 94.8 Å². The molecule has 0 rings (SSSR count). The fourth-order valence-electron chi connectivity index (χ4n) is 6.71. The van der Waals surface area contributed by atoms with Crippen molar-refractivity contribution < 1.29 is 24.9 Å². The first-order valence-electron chi connectivity index (χ1n) is 20.5. The molecule has 46 heavy (non-hydrogen) atoms. The van der Waals surface area contributed by atoms with Gasteiger partial charge in [0.25, 0.3) is 0 Å². The minimum absolute atomic E-state index is 0.0662. The third-order valence-corrected chi connectivity index (χ3v) is 10.0. The summed E-state index contributed by atoms with van der Waals surface area (Å²) in [5, 5.41) is 30.7. The molecule has 5 nitrogen and oxygen atoms in total. The van der Waals surface area contributed by atoms with Crippen molar-refractivity contribution in [1.29, 1.82) is 0 Å². The minimum atomic E-state index is -2.47. The number of hydrogen-bond acceptors (Lipinski definition) is 5. The van der Waals surface area contributed by atoms with Crippen LogP contribution in [0.15, 0.2) is 0 Å². The summed E-state index contributed by atoms with van der Waals surface area (Å²) < 4.78 is 0. The van der Waals surface area contributed by atoms with E-state index in [0.717, 1.165) is 38.5 Å². The Morgan fingerprint density at radius 1 is 0.413 bits per heavy atom. The molecular formula is C41H80O5. The summed E-state index contributed by atoms with van der Waals surface area (Å²) in [7, 11) is 0. The number of aliphatic hydroxyl groups is 3. The highest BCUT2D eigenvalue weighted by atomic mass is 16.4. The van der Waals surface area contributed by atoms with Crippen molar-refractivity contribution in [2.45, 2.75) is 244 Å². The molecular weight excluding hydrogens is 572 g/mol. The van der Waals surface area contributed by atoms with Crippen molar-refractivity contribution in [3.05, 3.63) is 0 Å². The van der Waals surface area contributed by atoms with Crippen LogP contribution in [-0.2, 0) is 9.59 Å². The van der Waals surface area contributed by atoms with E-state index < -0.39 is 29.9 Å². The van der Waals surface area contributed by atoms with Crippen LogP contribution >= 0.6 is 0 Å². The molecule has 274 valence electrons. The molecule has 0 saturated heterocycles. The van der Waals surface area contributed by atoms with E-state index in [2.05, 4.69) is 13.8 Å². The summed E-state index contributed by atoms with van der Waals surface area (Å²) in [5.74, 6) is -1.28. The average Bonchev–Trinajstić information content (AvgIpc) is 3.06. The van der Waals surface area contributed by atoms with Crippen LogP contribution in [0.3, 0.4) is 0 Å². The monoisotopic (exact) mass is 653 g/mol. The van der Waals surface area contributed by atoms with Crippen molar-refractivity contribution in [3.8, 4) is 0 Å². The summed E-state index contributed by atoms with van der Waals surface area (Å²) in [6, 6.07) is 0. The molecule has 0 radical (unpaired) electrons. The lowest BCUT2D eigenvalue weighted by molar-refractivity contribution is -0.166. The smallest absolute Gasteiger partial charge is 0.209 e. The second-order valence-electron chi connectivity index (χ2n) is 14.4. The molecule has 0 aliphatic rings. The minimum Gasteiger partial charge on any atom is -0.394 e. The highest BCUT2D eigenvalue weighted by Gasteiger charge is 2.48. The second-order valence-corrected chi connectivity index (χ2v) is 14.4. The van der Waals surface area contributed by atoms with Gasteiger partial charge in [-0.15, -0.1) is 0 Å². The van der Waals surface area contributed by atoms with E-state index in [0.29, 0.717) is 12.8 Å². The summed E-state index contributed by atoms with van der Waals surface area (Å²) in [6.45, 7) is 3.73. The zero-order valence-electron chi connectivity index (χ0n) is 31.0. The molecule has 0 fully saturated rings. The fourth-order valence-corrected chi connectivity index (χ4v) is 6.71. The van der Waals surface area contributed by atoms with Gasteiger partial charge < -0.3 is 15.3 Å². The fraction of sp³-hybridized carbons (Fsp3) is 0.951. The van der Waals surface area contributed by atoms with E-state index in [1.807, 2.05) is 0 Å². The zero-order valence-corrected chi connectivity index (χ0v) is 31.0. The first-order chi connectivity index (χ1) is 22.4. The third kappa shape index (κ3) is 25.3. The summed E-state index contributed by atoms with van der Waals surface area (Å²) in [5.41, 5.74) is -2.47. The molecule has 0 aliphatic carbocycles. The summed E-state index contributed by atoms with van der Waals surface area (Å²) in [4.78, 5) is 25.8. The maximum absolute atomic E-state index is 12.9. The molecule has 3 N–H and O–H groups in total. The number of rotatable bonds is 38. The van der Waals surface area contributed by atoms with Crippen LogP contribution in [0.2, 0.25) is 0 Å². The van der Waals surface area contributed by atoms with Crippen LogP contribution in [0.4, 0.5) is 0 Å². The molecule has 5 heteroatoms. The molecule has 0 spiro atoms. The maximum Gasteiger partial charge on any atom is 0.209 e. The Balaban J connectivity index is 3.88. The summed E-state index contributed by atoms with van der Waals surface area (Å²) in [6.07, 6.45) is 38.0. The van der Waals surface area contributed by atoms with E-state index in [9.17, 15) is 24.9 Å². The van der Waals surface area contributed by atoms with Crippen molar-refractivity contribution in [2.75, 3.05) is 6.61 Å². The largest absolute Gasteiger partial charge is 0.394 e. The quantitative estimate of drug-likeness (QED) is 0.0456. The van der Waals surface area contributed by atoms with Crippen LogP contribution in [0.25, 0.3) is 0 Å². The first kappa shape index (κ1) is 45.2. The third-order valence-electron chi connectivity index (χ3n) is 10.0. The number of unbranched alkanes of at least 4 members (excludes halogenated alkanes) is 30. The molecule has 1 unspecified atom stereocenters. The van der Waals surface area contributed by atoms with Crippen LogP contribution in [0.5, 0.6) is 0 Å². The van der Waals surface area contributed by atoms with Gasteiger partial charge in [0.15, 0.2) is 11.6 Å². The number of hydrogen-bond donors (Lipinski definition) is 3. The van der Waals surface area contributed by atoms with Gasteiger partial charge in [0.2, 0.25) is 5.60 Å². The molecule has 0 aromatic carbocycles. The molecule has 0 saturated carbocycles. The van der Waals surface area contributed by atoms with Gasteiger partial charge >= 0.3 is 0 Å². The van der Waals surface area contributed by atoms with Gasteiger partial charge in [-0.25, -0.2) is 0 Å². The van der Waals surface area contributed by atoms with Crippen LogP contribution in [0, 0.1) is 0 Å². The highest BCUT2D eigenvalue weighted by molar-refractivity contribution is 6.10. The molecule has 1 atom stereocenters. The van der Waals surface area contributed by atoms with Gasteiger partial charge in [-0.2, -0.15) is 0 Å². The van der Waals surface area contributed by atoms with Gasteiger partial charge in [-0.05, 0) is 12.8 Å². The van der Waals surface area contributed by atoms with Crippen molar-refractivity contribution in [1.82, 2.24) is 0 Å². The van der Waals surface area contributed by atoms with Gasteiger partial charge in [0, 0.05) is 12.8 Å². The zero-order chi connectivity index (χ0) is 34.0. The van der Waals surface area contributed by atoms with Crippen molar-refractivity contribution >= 4 is 11.6 Å². The Bertz CT molecular complexity index is 615. The normalized spacial score (nSPS) is 12.5. The predicted molar refractivity (Wildman–Crippen MR) is 196 cm³/mol. The number of carbonyl (C=O) groups excluding carboxylic acids is 2. The Morgan fingerprint density at radius 3 is 0.804 bits per heavy atom. The van der Waals surface area contributed by atoms with E-state index in [1.165, 1.54) is 154 Å². The van der Waals surface area contributed by atoms with Crippen molar-refractivity contribution in [3.63, 3.8) is 0 Å². The highest BCUT2D eigenvalue weighted by Crippen LogP contribution is 2.23.